The van der Waals surface area contributed by atoms with Crippen molar-refractivity contribution in [3.8, 4) is 5.75 Å². The maximum Gasteiger partial charge on any atom is 0.501 e. The zero-order chi connectivity index (χ0) is 22.0. The second-order valence-corrected chi connectivity index (χ2v) is 7.92. The molecule has 4 amide bonds. The number of ether oxygens (including phenoxy) is 1. The molecule has 2 aromatic rings. The lowest BCUT2D eigenvalue weighted by Crippen LogP contribution is -2.55. The number of hydrogen-bond acceptors (Lipinski definition) is 5. The number of carbonyl (C=O) groups is 3. The van der Waals surface area contributed by atoms with E-state index < -0.39 is 28.9 Å². The molecule has 0 saturated carbocycles. The van der Waals surface area contributed by atoms with Gasteiger partial charge in [-0.3, -0.25) is 4.79 Å². The second kappa shape index (κ2) is 8.73. The summed E-state index contributed by atoms with van der Waals surface area (Å²) in [4.78, 5) is 39.7. The van der Waals surface area contributed by atoms with Gasteiger partial charge in [-0.2, -0.15) is 14.3 Å². The van der Waals surface area contributed by atoms with E-state index >= 15 is 0 Å². The average molecular weight is 440 g/mol. The van der Waals surface area contributed by atoms with Gasteiger partial charge in [0, 0.05) is 17.3 Å². The van der Waals surface area contributed by atoms with Gasteiger partial charge in [0.1, 0.15) is 23.8 Å². The zero-order valence-corrected chi connectivity index (χ0v) is 17.4. The van der Waals surface area contributed by atoms with Crippen molar-refractivity contribution in [2.24, 2.45) is 0 Å². The molecular weight excluding hydrogens is 421 g/mol. The minimum absolute atomic E-state index is 0.206. The fourth-order valence-electron chi connectivity index (χ4n) is 3.40. The van der Waals surface area contributed by atoms with Gasteiger partial charge in [-0.05, 0) is 29.7 Å². The quantitative estimate of drug-likeness (QED) is 0.699. The lowest BCUT2D eigenvalue weighted by molar-refractivity contribution is -0.426. The Morgan fingerprint density at radius 2 is 2.03 bits per heavy atom. The first-order valence-corrected chi connectivity index (χ1v) is 10.4. The van der Waals surface area contributed by atoms with Crippen molar-refractivity contribution in [2.75, 3.05) is 19.0 Å². The Balaban J connectivity index is 1.57. The van der Waals surface area contributed by atoms with Crippen LogP contribution in [-0.4, -0.2) is 51.9 Å². The summed E-state index contributed by atoms with van der Waals surface area (Å²) in [5.41, 5.74) is 1.20. The molecule has 0 aromatic heterocycles. The van der Waals surface area contributed by atoms with Gasteiger partial charge in [0.2, 0.25) is 0 Å². The third kappa shape index (κ3) is 4.22. The van der Waals surface area contributed by atoms with E-state index in [-0.39, 0.29) is 18.7 Å². The minimum Gasteiger partial charge on any atom is -0.497 e. The normalized spacial score (nSPS) is 17.7. The van der Waals surface area contributed by atoms with E-state index in [1.54, 1.807) is 41.8 Å². The fourth-order valence-corrected chi connectivity index (χ4v) is 4.36. The lowest BCUT2D eigenvalue weighted by Gasteiger charge is -2.24. The number of benzene rings is 2. The number of imide groups is 1. The van der Waals surface area contributed by atoms with Gasteiger partial charge in [-0.1, -0.05) is 24.3 Å². The molecule has 0 radical (unpaired) electrons. The monoisotopic (exact) mass is 440 g/mol. The largest absolute Gasteiger partial charge is 0.501 e. The van der Waals surface area contributed by atoms with Crippen LogP contribution in [0.5, 0.6) is 5.75 Å². The molecule has 0 aliphatic carbocycles. The van der Waals surface area contributed by atoms with Gasteiger partial charge in [-0.15, -0.1) is 11.8 Å². The van der Waals surface area contributed by atoms with Crippen molar-refractivity contribution in [3.05, 3.63) is 71.4 Å². The number of urea groups is 1. The summed E-state index contributed by atoms with van der Waals surface area (Å²) in [5.74, 6) is -0.781. The number of amides is 4. The molecule has 2 heterocycles. The first kappa shape index (κ1) is 20.8. The molecule has 158 valence electrons. The third-order valence-corrected chi connectivity index (χ3v) is 5.94. The number of methoxy groups -OCH3 is 1. The highest BCUT2D eigenvalue weighted by atomic mass is 32.2. The number of anilines is 1. The molecule has 1 atom stereocenters. The topological polar surface area (TPSA) is 78.7 Å². The first-order chi connectivity index (χ1) is 15.0. The molecule has 31 heavy (non-hydrogen) atoms. The van der Waals surface area contributed by atoms with Crippen LogP contribution in [-0.2, 0) is 16.1 Å². The Kier molecular flexibility index (Phi) is 5.85. The van der Waals surface area contributed by atoms with Crippen LogP contribution in [0.2, 0.25) is 0 Å². The van der Waals surface area contributed by atoms with Crippen LogP contribution >= 0.6 is 11.8 Å². The van der Waals surface area contributed by atoms with Gasteiger partial charge in [0.15, 0.2) is 11.8 Å². The summed E-state index contributed by atoms with van der Waals surface area (Å²) >= 11 is 1.25. The number of allylic oxidation sites excluding steroid dienone is 1. The van der Waals surface area contributed by atoms with E-state index in [1.807, 2.05) is 0 Å². The molecular formula is C22H19FN3O4S+. The average Bonchev–Trinajstić information content (AvgIpc) is 3.25. The number of halogens is 1. The van der Waals surface area contributed by atoms with Crippen LogP contribution in [0.15, 0.2) is 60.0 Å². The van der Waals surface area contributed by atoms with Crippen molar-refractivity contribution in [1.29, 1.82) is 0 Å². The molecule has 0 spiro atoms. The molecule has 1 unspecified atom stereocenters. The van der Waals surface area contributed by atoms with Crippen LogP contribution in [0.25, 0.3) is 0 Å². The van der Waals surface area contributed by atoms with Gasteiger partial charge in [0.05, 0.1) is 7.11 Å². The number of thioether (sulfide) groups is 1. The smallest absolute Gasteiger partial charge is 0.497 e. The predicted molar refractivity (Wildman–Crippen MR) is 115 cm³/mol. The molecule has 2 aromatic carbocycles. The van der Waals surface area contributed by atoms with Crippen LogP contribution in [0, 0.1) is 5.82 Å². The Morgan fingerprint density at radius 1 is 1.23 bits per heavy atom. The van der Waals surface area contributed by atoms with E-state index in [2.05, 4.69) is 5.32 Å². The molecule has 9 heteroatoms. The zero-order valence-electron chi connectivity index (χ0n) is 16.6. The third-order valence-electron chi connectivity index (χ3n) is 4.93. The van der Waals surface area contributed by atoms with Crippen molar-refractivity contribution >= 4 is 41.0 Å². The molecule has 0 saturated heterocycles. The number of fused-ring (bicyclic) bond motifs is 1. The number of hydrogen-bond donors (Lipinski definition) is 1. The Morgan fingerprint density at radius 3 is 2.81 bits per heavy atom. The van der Waals surface area contributed by atoms with Gasteiger partial charge in [0.25, 0.3) is 5.91 Å². The predicted octanol–water partition coefficient (Wildman–Crippen LogP) is 3.02. The highest BCUT2D eigenvalue weighted by Gasteiger charge is 2.49. The van der Waals surface area contributed by atoms with Gasteiger partial charge >= 0.3 is 11.9 Å². The fraction of sp³-hybridized carbons (Fsp3) is 0.182. The van der Waals surface area contributed by atoms with E-state index in [1.165, 1.54) is 41.6 Å². The summed E-state index contributed by atoms with van der Waals surface area (Å²) in [6.07, 6.45) is 1.66. The first-order valence-electron chi connectivity index (χ1n) is 9.47. The molecule has 2 aliphatic heterocycles. The second-order valence-electron chi connectivity index (χ2n) is 6.91. The molecule has 7 nitrogen and oxygen atoms in total. The summed E-state index contributed by atoms with van der Waals surface area (Å²) in [6, 6.07) is 12.2. The highest BCUT2D eigenvalue weighted by Crippen LogP contribution is 2.29. The Labute approximate surface area is 182 Å². The van der Waals surface area contributed by atoms with E-state index in [0.29, 0.717) is 17.1 Å². The lowest BCUT2D eigenvalue weighted by atomic mass is 10.1. The maximum atomic E-state index is 14.1. The summed E-state index contributed by atoms with van der Waals surface area (Å²) < 4.78 is 20.5. The minimum atomic E-state index is -0.660. The number of nitrogens with one attached hydrogen (secondary N) is 1. The van der Waals surface area contributed by atoms with Crippen molar-refractivity contribution in [2.45, 2.75) is 11.8 Å². The number of nitrogens with zero attached hydrogens (tertiary/aromatic N) is 2. The SMILES string of the molecule is COc1cccc(NC(=O)C[N+]2=C3C=CSC3C(=O)N(Cc3ccccc3F)C2=O)c1. The summed E-state index contributed by atoms with van der Waals surface area (Å²) in [6.45, 7) is -0.490. The molecule has 0 fully saturated rings. The molecule has 4 rings (SSSR count). The molecule has 1 N–H and O–H groups in total. The van der Waals surface area contributed by atoms with E-state index in [0.717, 1.165) is 4.90 Å². The maximum absolute atomic E-state index is 14.1. The van der Waals surface area contributed by atoms with Crippen LogP contribution in [0.3, 0.4) is 0 Å². The molecule has 0 bridgehead atoms. The van der Waals surface area contributed by atoms with Crippen molar-refractivity contribution in [1.82, 2.24) is 4.90 Å². The summed E-state index contributed by atoms with van der Waals surface area (Å²) in [7, 11) is 1.52. The summed E-state index contributed by atoms with van der Waals surface area (Å²) in [5, 5.41) is 3.80. The van der Waals surface area contributed by atoms with Crippen LogP contribution < -0.4 is 10.1 Å². The number of rotatable bonds is 6. The van der Waals surface area contributed by atoms with Gasteiger partial charge in [-0.25, -0.2) is 9.18 Å². The highest BCUT2D eigenvalue weighted by molar-refractivity contribution is 8.04. The van der Waals surface area contributed by atoms with E-state index in [4.69, 9.17) is 4.74 Å². The Hall–Kier alpha value is -3.46. The van der Waals surface area contributed by atoms with Crippen LogP contribution in [0.1, 0.15) is 5.56 Å². The van der Waals surface area contributed by atoms with Crippen molar-refractivity contribution < 1.29 is 28.1 Å². The van der Waals surface area contributed by atoms with Crippen LogP contribution in [0.4, 0.5) is 14.9 Å². The number of carbonyl (C=O) groups excluding carboxylic acids is 3. The van der Waals surface area contributed by atoms with Crippen molar-refractivity contribution in [3.63, 3.8) is 0 Å². The van der Waals surface area contributed by atoms with Gasteiger partial charge < -0.3 is 10.1 Å². The van der Waals surface area contributed by atoms with E-state index in [9.17, 15) is 18.8 Å². The standard InChI is InChI=1S/C22H18FN3O4S/c1-30-16-7-4-6-15(11-16)24-19(27)13-25-18-9-10-31-20(18)21(28)26(22(25)29)12-14-5-2-3-8-17(14)23/h2-11,20H,12-13H2,1H3/p+1. The molecule has 2 aliphatic rings. The Bertz CT molecular complexity index is 1130.